The minimum absolute atomic E-state index is 0.0322. The number of anilines is 1. The molecule has 10 heteroatoms. The molecule has 0 saturated heterocycles. The molecule has 0 radical (unpaired) electrons. The largest absolute Gasteiger partial charge is 0.416 e. The van der Waals surface area contributed by atoms with Crippen LogP contribution >= 0.6 is 0 Å². The van der Waals surface area contributed by atoms with E-state index in [2.05, 4.69) is 10.3 Å². The molecule has 0 fully saturated rings. The summed E-state index contributed by atoms with van der Waals surface area (Å²) in [6.45, 7) is 1.54. The molecule has 0 bridgehead atoms. The van der Waals surface area contributed by atoms with Crippen molar-refractivity contribution < 1.29 is 26.7 Å². The Kier molecular flexibility index (Phi) is 5.90. The second-order valence-electron chi connectivity index (χ2n) is 7.55. The van der Waals surface area contributed by atoms with Crippen molar-refractivity contribution >= 4 is 22.5 Å². The molecule has 0 saturated carbocycles. The highest BCUT2D eigenvalue weighted by atomic mass is 19.4. The van der Waals surface area contributed by atoms with Crippen LogP contribution in [0, 0.1) is 18.6 Å². The number of aromatic nitrogens is 2. The van der Waals surface area contributed by atoms with E-state index in [-0.39, 0.29) is 23.1 Å². The number of aryl methyl sites for hydroxylation is 1. The van der Waals surface area contributed by atoms with Crippen molar-refractivity contribution in [2.24, 2.45) is 0 Å². The Morgan fingerprint density at radius 1 is 0.971 bits per heavy atom. The summed E-state index contributed by atoms with van der Waals surface area (Å²) < 4.78 is 66.3. The molecular formula is C24H16F5N3O2. The molecule has 1 aromatic heterocycles. The molecule has 1 amide bonds. The quantitative estimate of drug-likeness (QED) is 0.416. The molecule has 1 heterocycles. The second-order valence-corrected chi connectivity index (χ2v) is 7.55. The van der Waals surface area contributed by atoms with Crippen LogP contribution in [0.25, 0.3) is 16.6 Å². The standard InChI is InChI=1S/C24H16F5N3O2/c1-13-30-21-12-20(26)19(25)11-18(21)23(34)32(13)17-8-6-16(7-9-17)31-22(33)10-14-2-4-15(5-3-14)24(27,28)29/h2-9,11-12H,10H2,1H3,(H,31,33). The molecule has 0 unspecified atom stereocenters. The number of fused-ring (bicyclic) bond motifs is 1. The normalized spacial score (nSPS) is 11.6. The van der Waals surface area contributed by atoms with E-state index in [1.54, 1.807) is 6.92 Å². The van der Waals surface area contributed by atoms with Crippen LogP contribution < -0.4 is 10.9 Å². The zero-order chi connectivity index (χ0) is 24.6. The van der Waals surface area contributed by atoms with Gasteiger partial charge in [-0.2, -0.15) is 13.2 Å². The summed E-state index contributed by atoms with van der Waals surface area (Å²) in [5.74, 6) is -2.45. The average molecular weight is 473 g/mol. The van der Waals surface area contributed by atoms with Gasteiger partial charge >= 0.3 is 6.18 Å². The number of rotatable bonds is 4. The second kappa shape index (κ2) is 8.69. The van der Waals surface area contributed by atoms with Gasteiger partial charge in [0.15, 0.2) is 11.6 Å². The molecule has 0 spiro atoms. The molecule has 5 nitrogen and oxygen atoms in total. The van der Waals surface area contributed by atoms with Crippen molar-refractivity contribution in [3.63, 3.8) is 0 Å². The van der Waals surface area contributed by atoms with Gasteiger partial charge < -0.3 is 5.32 Å². The smallest absolute Gasteiger partial charge is 0.326 e. The highest BCUT2D eigenvalue weighted by molar-refractivity contribution is 5.92. The molecule has 3 aromatic carbocycles. The summed E-state index contributed by atoms with van der Waals surface area (Å²) in [4.78, 5) is 29.3. The fourth-order valence-electron chi connectivity index (χ4n) is 3.49. The van der Waals surface area contributed by atoms with E-state index < -0.39 is 34.8 Å². The number of halogens is 5. The van der Waals surface area contributed by atoms with Gasteiger partial charge in [0.05, 0.1) is 28.6 Å². The number of amides is 1. The van der Waals surface area contributed by atoms with Crippen LogP contribution in [0.3, 0.4) is 0 Å². The lowest BCUT2D eigenvalue weighted by molar-refractivity contribution is -0.137. The van der Waals surface area contributed by atoms with Gasteiger partial charge in [-0.1, -0.05) is 12.1 Å². The first-order valence-electron chi connectivity index (χ1n) is 9.98. The molecule has 0 atom stereocenters. The number of hydrogen-bond acceptors (Lipinski definition) is 3. The average Bonchev–Trinajstić information content (AvgIpc) is 2.76. The molecule has 4 rings (SSSR count). The lowest BCUT2D eigenvalue weighted by Gasteiger charge is -2.12. The summed E-state index contributed by atoms with van der Waals surface area (Å²) in [5, 5.41) is 2.55. The summed E-state index contributed by atoms with van der Waals surface area (Å²) in [6.07, 6.45) is -4.58. The van der Waals surface area contributed by atoms with Crippen LogP contribution in [0.1, 0.15) is 17.0 Å². The van der Waals surface area contributed by atoms with Gasteiger partial charge in [0, 0.05) is 11.8 Å². The predicted molar refractivity (Wildman–Crippen MR) is 116 cm³/mol. The van der Waals surface area contributed by atoms with E-state index in [0.29, 0.717) is 16.9 Å². The summed E-state index contributed by atoms with van der Waals surface area (Å²) in [7, 11) is 0. The van der Waals surface area contributed by atoms with Gasteiger partial charge in [-0.05, 0) is 55.0 Å². The summed E-state index contributed by atoms with van der Waals surface area (Å²) in [5.41, 5.74) is -0.148. The van der Waals surface area contributed by atoms with Crippen LogP contribution in [0.2, 0.25) is 0 Å². The molecule has 1 N–H and O–H groups in total. The number of carbonyl (C=O) groups is 1. The van der Waals surface area contributed by atoms with Crippen LogP contribution in [-0.4, -0.2) is 15.5 Å². The Labute approximate surface area is 189 Å². The molecule has 0 aliphatic heterocycles. The van der Waals surface area contributed by atoms with Gasteiger partial charge in [-0.3, -0.25) is 14.2 Å². The third-order valence-corrected chi connectivity index (χ3v) is 5.13. The maximum Gasteiger partial charge on any atom is 0.416 e. The van der Waals surface area contributed by atoms with Crippen molar-refractivity contribution in [2.75, 3.05) is 5.32 Å². The van der Waals surface area contributed by atoms with Gasteiger partial charge in [0.25, 0.3) is 5.56 Å². The number of carbonyl (C=O) groups excluding carboxylic acids is 1. The van der Waals surface area contributed by atoms with Crippen LogP contribution in [0.4, 0.5) is 27.6 Å². The summed E-state index contributed by atoms with van der Waals surface area (Å²) >= 11 is 0. The first-order chi connectivity index (χ1) is 16.0. The van der Waals surface area contributed by atoms with Crippen LogP contribution in [0.15, 0.2) is 65.5 Å². The number of alkyl halides is 3. The maximum absolute atomic E-state index is 13.6. The van der Waals surface area contributed by atoms with Crippen LogP contribution in [0.5, 0.6) is 0 Å². The molecule has 0 aliphatic rings. The van der Waals surface area contributed by atoms with Gasteiger partial charge in [-0.25, -0.2) is 13.8 Å². The molecule has 4 aromatic rings. The number of hydrogen-bond donors (Lipinski definition) is 1. The van der Waals surface area contributed by atoms with E-state index in [1.807, 2.05) is 0 Å². The van der Waals surface area contributed by atoms with E-state index in [1.165, 1.54) is 41.0 Å². The zero-order valence-corrected chi connectivity index (χ0v) is 17.6. The number of nitrogens with one attached hydrogen (secondary N) is 1. The highest BCUT2D eigenvalue weighted by Crippen LogP contribution is 2.29. The van der Waals surface area contributed by atoms with E-state index in [0.717, 1.165) is 24.3 Å². The Morgan fingerprint density at radius 3 is 2.21 bits per heavy atom. The first-order valence-corrected chi connectivity index (χ1v) is 9.98. The highest BCUT2D eigenvalue weighted by Gasteiger charge is 2.30. The molecule has 0 aliphatic carbocycles. The van der Waals surface area contributed by atoms with E-state index >= 15 is 0 Å². The van der Waals surface area contributed by atoms with Gasteiger partial charge in [0.2, 0.25) is 5.91 Å². The third-order valence-electron chi connectivity index (χ3n) is 5.13. The summed E-state index contributed by atoms with van der Waals surface area (Å²) in [6, 6.07) is 12.1. The molecular weight excluding hydrogens is 457 g/mol. The van der Waals surface area contributed by atoms with Crippen molar-refractivity contribution in [1.82, 2.24) is 9.55 Å². The Morgan fingerprint density at radius 2 is 1.59 bits per heavy atom. The predicted octanol–water partition coefficient (Wildman–Crippen LogP) is 5.17. The van der Waals surface area contributed by atoms with Crippen molar-refractivity contribution in [2.45, 2.75) is 19.5 Å². The maximum atomic E-state index is 13.6. The van der Waals surface area contributed by atoms with Crippen molar-refractivity contribution in [3.05, 3.63) is 99.6 Å². The van der Waals surface area contributed by atoms with Gasteiger partial charge in [0.1, 0.15) is 5.82 Å². The first kappa shape index (κ1) is 23.1. The Bertz CT molecular complexity index is 1440. The SMILES string of the molecule is Cc1nc2cc(F)c(F)cc2c(=O)n1-c1ccc(NC(=O)Cc2ccc(C(F)(F)F)cc2)cc1. The molecule has 34 heavy (non-hydrogen) atoms. The van der Waals surface area contributed by atoms with E-state index in [9.17, 15) is 31.5 Å². The fourth-order valence-corrected chi connectivity index (χ4v) is 3.49. The van der Waals surface area contributed by atoms with Crippen LogP contribution in [-0.2, 0) is 17.4 Å². The zero-order valence-electron chi connectivity index (χ0n) is 17.6. The minimum Gasteiger partial charge on any atom is -0.326 e. The third kappa shape index (κ3) is 4.66. The molecule has 174 valence electrons. The fraction of sp³-hybridized carbons (Fsp3) is 0.125. The minimum atomic E-state index is -4.45. The number of benzene rings is 3. The lowest BCUT2D eigenvalue weighted by atomic mass is 10.1. The Hall–Kier alpha value is -4.08. The van der Waals surface area contributed by atoms with Crippen molar-refractivity contribution in [3.8, 4) is 5.69 Å². The Balaban J connectivity index is 1.52. The van der Waals surface area contributed by atoms with Gasteiger partial charge in [-0.15, -0.1) is 0 Å². The monoisotopic (exact) mass is 473 g/mol. The number of nitrogens with zero attached hydrogens (tertiary/aromatic N) is 2. The van der Waals surface area contributed by atoms with E-state index in [4.69, 9.17) is 0 Å². The lowest BCUT2D eigenvalue weighted by Crippen LogP contribution is -2.22. The van der Waals surface area contributed by atoms with Crippen molar-refractivity contribution in [1.29, 1.82) is 0 Å². The topological polar surface area (TPSA) is 64.0 Å².